The van der Waals surface area contributed by atoms with Crippen molar-refractivity contribution in [3.63, 3.8) is 0 Å². The number of nitrogens with zero attached hydrogens (tertiary/aromatic N) is 5. The first-order chi connectivity index (χ1) is 12.2. The highest BCUT2D eigenvalue weighted by Gasteiger charge is 2.52. The van der Waals surface area contributed by atoms with E-state index in [4.69, 9.17) is 4.74 Å². The minimum atomic E-state index is -0.0190. The van der Waals surface area contributed by atoms with Crippen molar-refractivity contribution < 1.29 is 9.53 Å². The Kier molecular flexibility index (Phi) is 4.21. The normalized spacial score (nSPS) is 25.9. The highest BCUT2D eigenvalue weighted by Crippen LogP contribution is 2.42. The summed E-state index contributed by atoms with van der Waals surface area (Å²) in [4.78, 5) is 17.5. The minimum absolute atomic E-state index is 0.0190. The highest BCUT2D eigenvalue weighted by molar-refractivity contribution is 5.98. The Bertz CT molecular complexity index is 772. The van der Waals surface area contributed by atoms with E-state index < -0.39 is 0 Å². The molecule has 7 nitrogen and oxygen atoms in total. The molecule has 7 heteroatoms. The zero-order valence-corrected chi connectivity index (χ0v) is 14.9. The molecular weight excluding hydrogens is 318 g/mol. The molecule has 2 aliphatic rings. The monoisotopic (exact) mass is 343 g/mol. The van der Waals surface area contributed by atoms with Crippen LogP contribution in [0.1, 0.15) is 24.3 Å². The number of pyridine rings is 1. The molecule has 4 rings (SSSR count). The Balaban J connectivity index is 1.57. The van der Waals surface area contributed by atoms with Crippen LogP contribution in [-0.2, 0) is 4.74 Å². The Morgan fingerprint density at radius 1 is 1.40 bits per heavy atom. The number of fused-ring (bicyclic) bond motifs is 2. The zero-order valence-electron chi connectivity index (χ0n) is 14.9. The Labute approximate surface area is 147 Å². The maximum Gasteiger partial charge on any atom is 0.276 e. The van der Waals surface area contributed by atoms with Gasteiger partial charge in [0.1, 0.15) is 0 Å². The molecule has 4 heterocycles. The molecule has 2 fully saturated rings. The maximum absolute atomic E-state index is 13.1. The lowest BCUT2D eigenvalue weighted by Gasteiger charge is -2.33. The van der Waals surface area contributed by atoms with Gasteiger partial charge in [-0.15, -0.1) is 5.10 Å². The molecule has 2 saturated heterocycles. The van der Waals surface area contributed by atoms with Gasteiger partial charge in [0.25, 0.3) is 5.91 Å². The summed E-state index contributed by atoms with van der Waals surface area (Å²) in [6, 6.07) is 5.68. The molecule has 0 saturated carbocycles. The summed E-state index contributed by atoms with van der Waals surface area (Å²) in [5.41, 5.74) is 1.25. The number of likely N-dealkylation sites (tertiary alicyclic amines) is 1. The smallest absolute Gasteiger partial charge is 0.276 e. The maximum atomic E-state index is 13.1. The average Bonchev–Trinajstić information content (AvgIpc) is 3.31. The molecule has 0 unspecified atom stereocenters. The largest absolute Gasteiger partial charge is 0.380 e. The van der Waals surface area contributed by atoms with Crippen LogP contribution < -0.4 is 0 Å². The Hall–Kier alpha value is -1.99. The van der Waals surface area contributed by atoms with E-state index in [1.807, 2.05) is 29.3 Å². The number of hydrogen-bond acceptors (Lipinski definition) is 5. The fourth-order valence-corrected chi connectivity index (χ4v) is 4.25. The molecular formula is C18H25N5O2. The van der Waals surface area contributed by atoms with Crippen molar-refractivity contribution in [1.82, 2.24) is 24.6 Å². The van der Waals surface area contributed by atoms with E-state index in [0.717, 1.165) is 51.5 Å². The highest BCUT2D eigenvalue weighted by atomic mass is 16.5. The van der Waals surface area contributed by atoms with E-state index in [0.29, 0.717) is 11.6 Å². The van der Waals surface area contributed by atoms with E-state index in [2.05, 4.69) is 29.1 Å². The van der Waals surface area contributed by atoms with Crippen molar-refractivity contribution in [3.05, 3.63) is 30.1 Å². The molecule has 0 spiro atoms. The van der Waals surface area contributed by atoms with Gasteiger partial charge in [0.05, 0.1) is 18.7 Å². The summed E-state index contributed by atoms with van der Waals surface area (Å²) < 4.78 is 7.45. The van der Waals surface area contributed by atoms with E-state index >= 15 is 0 Å². The number of amides is 1. The number of aromatic nitrogens is 3. The number of hydrogen-bond donors (Lipinski definition) is 0. The molecule has 0 bridgehead atoms. The van der Waals surface area contributed by atoms with Gasteiger partial charge in [-0.1, -0.05) is 25.1 Å². The quantitative estimate of drug-likeness (QED) is 0.815. The average molecular weight is 343 g/mol. The molecule has 134 valence electrons. The zero-order chi connectivity index (χ0) is 17.4. The first kappa shape index (κ1) is 16.5. The van der Waals surface area contributed by atoms with Crippen LogP contribution in [0.4, 0.5) is 0 Å². The number of rotatable bonds is 5. The van der Waals surface area contributed by atoms with Crippen LogP contribution in [-0.4, -0.2) is 76.5 Å². The van der Waals surface area contributed by atoms with Gasteiger partial charge >= 0.3 is 0 Å². The SMILES string of the molecule is CCN(CC)C[C@]12COC[C@H]1CN(C(=O)c1nnn3ccccc13)C2. The predicted octanol–water partition coefficient (Wildman–Crippen LogP) is 1.16. The first-order valence-corrected chi connectivity index (χ1v) is 9.06. The van der Waals surface area contributed by atoms with Crippen LogP contribution in [0.25, 0.3) is 5.52 Å². The number of carbonyl (C=O) groups is 1. The summed E-state index contributed by atoms with van der Waals surface area (Å²) in [7, 11) is 0. The van der Waals surface area contributed by atoms with Crippen molar-refractivity contribution in [2.75, 3.05) is 45.9 Å². The van der Waals surface area contributed by atoms with Crippen LogP contribution in [0.2, 0.25) is 0 Å². The van der Waals surface area contributed by atoms with Crippen molar-refractivity contribution in [1.29, 1.82) is 0 Å². The topological polar surface area (TPSA) is 63.0 Å². The first-order valence-electron chi connectivity index (χ1n) is 9.06. The van der Waals surface area contributed by atoms with Crippen molar-refractivity contribution in [3.8, 4) is 0 Å². The molecule has 25 heavy (non-hydrogen) atoms. The summed E-state index contributed by atoms with van der Waals surface area (Å²) in [6.07, 6.45) is 1.81. The summed E-state index contributed by atoms with van der Waals surface area (Å²) in [5.74, 6) is 0.383. The van der Waals surface area contributed by atoms with Gasteiger partial charge in [-0.2, -0.15) is 0 Å². The van der Waals surface area contributed by atoms with E-state index in [9.17, 15) is 4.79 Å². The van der Waals surface area contributed by atoms with E-state index in [1.165, 1.54) is 0 Å². The van der Waals surface area contributed by atoms with Crippen LogP contribution in [0, 0.1) is 11.3 Å². The van der Waals surface area contributed by atoms with Crippen molar-refractivity contribution in [2.45, 2.75) is 13.8 Å². The molecule has 1 amide bonds. The second-order valence-electron chi connectivity index (χ2n) is 7.19. The summed E-state index contributed by atoms with van der Waals surface area (Å²) in [5, 5.41) is 8.19. The lowest BCUT2D eigenvalue weighted by molar-refractivity contribution is 0.0676. The van der Waals surface area contributed by atoms with E-state index in [1.54, 1.807) is 4.52 Å². The molecule has 0 aliphatic carbocycles. The van der Waals surface area contributed by atoms with Crippen LogP contribution in [0.15, 0.2) is 24.4 Å². The molecule has 0 radical (unpaired) electrons. The molecule has 2 aromatic heterocycles. The lowest BCUT2D eigenvalue weighted by Crippen LogP contribution is -2.43. The second kappa shape index (κ2) is 6.38. The molecule has 2 aromatic rings. The second-order valence-corrected chi connectivity index (χ2v) is 7.19. The van der Waals surface area contributed by atoms with Gasteiger partial charge in [0.15, 0.2) is 5.69 Å². The number of ether oxygens (including phenoxy) is 1. The van der Waals surface area contributed by atoms with Crippen molar-refractivity contribution in [2.24, 2.45) is 11.3 Å². The molecule has 2 aliphatic heterocycles. The lowest BCUT2D eigenvalue weighted by atomic mass is 9.80. The van der Waals surface area contributed by atoms with Gasteiger partial charge in [-0.25, -0.2) is 4.52 Å². The number of carbonyl (C=O) groups excluding carboxylic acids is 1. The fourth-order valence-electron chi connectivity index (χ4n) is 4.25. The molecule has 0 aromatic carbocycles. The third kappa shape index (κ3) is 2.71. The Morgan fingerprint density at radius 2 is 2.24 bits per heavy atom. The molecule has 0 N–H and O–H groups in total. The Morgan fingerprint density at radius 3 is 3.04 bits per heavy atom. The van der Waals surface area contributed by atoms with Gasteiger partial charge in [-0.05, 0) is 25.2 Å². The van der Waals surface area contributed by atoms with E-state index in [-0.39, 0.29) is 11.3 Å². The van der Waals surface area contributed by atoms with Crippen LogP contribution in [0.3, 0.4) is 0 Å². The van der Waals surface area contributed by atoms with Crippen molar-refractivity contribution >= 4 is 11.4 Å². The van der Waals surface area contributed by atoms with Crippen LogP contribution >= 0.6 is 0 Å². The van der Waals surface area contributed by atoms with Gasteiger partial charge < -0.3 is 14.5 Å². The van der Waals surface area contributed by atoms with Gasteiger partial charge in [-0.3, -0.25) is 4.79 Å². The standard InChI is InChI=1S/C18H25N5O2/c1-3-21(4-2)11-18-12-22(9-14(18)10-25-13-18)17(24)16-15-7-5-6-8-23(15)20-19-16/h5-8,14H,3-4,9-13H2,1-2H3/t14-,18+/m1/s1. The van der Waals surface area contributed by atoms with Crippen LogP contribution in [0.5, 0.6) is 0 Å². The minimum Gasteiger partial charge on any atom is -0.380 e. The fraction of sp³-hybridized carbons (Fsp3) is 0.611. The summed E-state index contributed by atoms with van der Waals surface area (Å²) in [6.45, 7) is 10.4. The third-order valence-corrected chi connectivity index (χ3v) is 5.77. The summed E-state index contributed by atoms with van der Waals surface area (Å²) >= 11 is 0. The predicted molar refractivity (Wildman–Crippen MR) is 93.4 cm³/mol. The molecule has 2 atom stereocenters. The third-order valence-electron chi connectivity index (χ3n) is 5.77. The van der Waals surface area contributed by atoms with Gasteiger partial charge in [0.2, 0.25) is 0 Å². The van der Waals surface area contributed by atoms with Gasteiger partial charge in [0, 0.05) is 37.2 Å².